The van der Waals surface area contributed by atoms with E-state index in [-0.39, 0.29) is 23.9 Å². The summed E-state index contributed by atoms with van der Waals surface area (Å²) in [6, 6.07) is 5.44. The number of nitrogens with zero attached hydrogens (tertiary/aromatic N) is 3. The second kappa shape index (κ2) is 11.6. The Morgan fingerprint density at radius 1 is 1.12 bits per heavy atom. The van der Waals surface area contributed by atoms with Gasteiger partial charge in [0.05, 0.1) is 11.6 Å². The van der Waals surface area contributed by atoms with Gasteiger partial charge in [-0.05, 0) is 76.5 Å². The summed E-state index contributed by atoms with van der Waals surface area (Å²) in [5, 5.41) is 0. The Balaban J connectivity index is 1.52. The Kier molecular flexibility index (Phi) is 9.01. The maximum absolute atomic E-state index is 13.1. The Morgan fingerprint density at radius 3 is 2.44 bits per heavy atom. The summed E-state index contributed by atoms with van der Waals surface area (Å²) in [5.41, 5.74) is 0.0979. The van der Waals surface area contributed by atoms with E-state index in [0.29, 0.717) is 37.5 Å². The summed E-state index contributed by atoms with van der Waals surface area (Å²) in [5.74, 6) is 0.509. The minimum absolute atomic E-state index is 0.0105. The Morgan fingerprint density at radius 2 is 1.82 bits per heavy atom. The van der Waals surface area contributed by atoms with Gasteiger partial charge in [-0.1, -0.05) is 25.1 Å². The Labute approximate surface area is 201 Å². The van der Waals surface area contributed by atoms with Crippen molar-refractivity contribution in [2.24, 2.45) is 5.92 Å². The molecule has 0 aliphatic carbocycles. The number of benzene rings is 1. The molecule has 2 unspecified atom stereocenters. The van der Waals surface area contributed by atoms with Gasteiger partial charge in [0.15, 0.2) is 5.78 Å². The summed E-state index contributed by atoms with van der Waals surface area (Å²) in [6.45, 7) is 9.45. The van der Waals surface area contributed by atoms with Gasteiger partial charge < -0.3 is 14.7 Å². The van der Waals surface area contributed by atoms with Gasteiger partial charge in [0.2, 0.25) is 0 Å². The van der Waals surface area contributed by atoms with Crippen molar-refractivity contribution >= 4 is 11.8 Å². The lowest BCUT2D eigenvalue weighted by Crippen LogP contribution is -2.54. The first-order valence-corrected chi connectivity index (χ1v) is 12.6. The van der Waals surface area contributed by atoms with Crippen LogP contribution in [0, 0.1) is 5.92 Å². The monoisotopic (exact) mass is 481 g/mol. The zero-order valence-electron chi connectivity index (χ0n) is 20.6. The fraction of sp³-hybridized carbons (Fsp3) is 0.692. The van der Waals surface area contributed by atoms with Gasteiger partial charge in [0.25, 0.3) is 0 Å². The number of alkyl halides is 3. The number of carbonyl (C=O) groups is 2. The van der Waals surface area contributed by atoms with Gasteiger partial charge >= 0.3 is 12.2 Å². The maximum Gasteiger partial charge on any atom is 0.416 e. The van der Waals surface area contributed by atoms with Crippen molar-refractivity contribution in [2.45, 2.75) is 77.6 Å². The molecule has 190 valence electrons. The van der Waals surface area contributed by atoms with E-state index in [0.717, 1.165) is 51.3 Å². The van der Waals surface area contributed by atoms with E-state index in [2.05, 4.69) is 18.7 Å². The Bertz CT molecular complexity index is 837. The standard InChI is InChI=1S/C26H38F3N3O2/c1-4-30(19(2)16-22-8-7-9-23(17-22)26(27,28)29)18-21-11-14-31(15-12-21)25(34)32-13-6-5-10-24(32)20(3)33/h7-9,17,19,21,24H,4-6,10-16,18H2,1-3H3. The molecular weight excluding hydrogens is 443 g/mol. The molecule has 1 aromatic rings. The highest BCUT2D eigenvalue weighted by molar-refractivity contribution is 5.87. The first-order valence-electron chi connectivity index (χ1n) is 12.6. The van der Waals surface area contributed by atoms with Crippen LogP contribution in [0.25, 0.3) is 0 Å². The number of likely N-dealkylation sites (N-methyl/N-ethyl adjacent to an activating group) is 1. The van der Waals surface area contributed by atoms with Crippen molar-refractivity contribution in [2.75, 3.05) is 32.7 Å². The lowest BCUT2D eigenvalue weighted by atomic mass is 9.94. The van der Waals surface area contributed by atoms with E-state index in [9.17, 15) is 22.8 Å². The van der Waals surface area contributed by atoms with Crippen molar-refractivity contribution in [3.05, 3.63) is 35.4 Å². The fourth-order valence-electron chi connectivity index (χ4n) is 5.37. The van der Waals surface area contributed by atoms with Crippen LogP contribution in [-0.2, 0) is 17.4 Å². The molecule has 2 amide bonds. The molecule has 5 nitrogen and oxygen atoms in total. The summed E-state index contributed by atoms with van der Waals surface area (Å²) >= 11 is 0. The van der Waals surface area contributed by atoms with Crippen LogP contribution in [0.1, 0.15) is 64.0 Å². The fourth-order valence-corrected chi connectivity index (χ4v) is 5.37. The van der Waals surface area contributed by atoms with Crippen LogP contribution in [0.2, 0.25) is 0 Å². The van der Waals surface area contributed by atoms with Crippen molar-refractivity contribution in [3.8, 4) is 0 Å². The lowest BCUT2D eigenvalue weighted by molar-refractivity contribution is -0.137. The number of carbonyl (C=O) groups excluding carboxylic acids is 2. The predicted molar refractivity (Wildman–Crippen MR) is 127 cm³/mol. The average molecular weight is 482 g/mol. The van der Waals surface area contributed by atoms with Crippen LogP contribution in [0.15, 0.2) is 24.3 Å². The number of hydrogen-bond acceptors (Lipinski definition) is 3. The molecule has 2 fully saturated rings. The van der Waals surface area contributed by atoms with E-state index < -0.39 is 11.7 Å². The second-order valence-electron chi connectivity index (χ2n) is 9.87. The normalized spacial score (nSPS) is 21.1. The summed E-state index contributed by atoms with van der Waals surface area (Å²) < 4.78 is 39.1. The third-order valence-corrected chi connectivity index (χ3v) is 7.41. The number of urea groups is 1. The first kappa shape index (κ1) is 26.5. The SMILES string of the molecule is CCN(CC1CCN(C(=O)N2CCCCC2C(C)=O)CC1)C(C)Cc1cccc(C(F)(F)F)c1. The lowest BCUT2D eigenvalue weighted by Gasteiger charge is -2.41. The van der Waals surface area contributed by atoms with Crippen LogP contribution in [0.3, 0.4) is 0 Å². The first-order chi connectivity index (χ1) is 16.1. The molecule has 2 aliphatic heterocycles. The molecule has 0 N–H and O–H groups in total. The van der Waals surface area contributed by atoms with Crippen molar-refractivity contribution in [1.82, 2.24) is 14.7 Å². The largest absolute Gasteiger partial charge is 0.416 e. The van der Waals surface area contributed by atoms with E-state index in [1.807, 2.05) is 4.90 Å². The molecule has 8 heteroatoms. The highest BCUT2D eigenvalue weighted by Crippen LogP contribution is 2.30. The van der Waals surface area contributed by atoms with Gasteiger partial charge in [-0.25, -0.2) is 4.79 Å². The predicted octanol–water partition coefficient (Wildman–Crippen LogP) is 5.23. The molecule has 2 aliphatic rings. The number of ketones is 1. The average Bonchev–Trinajstić information content (AvgIpc) is 2.82. The summed E-state index contributed by atoms with van der Waals surface area (Å²) in [4.78, 5) is 31.1. The quantitative estimate of drug-likeness (QED) is 0.535. The van der Waals surface area contributed by atoms with Crippen LogP contribution in [-0.4, -0.2) is 71.3 Å². The summed E-state index contributed by atoms with van der Waals surface area (Å²) in [7, 11) is 0. The second-order valence-corrected chi connectivity index (χ2v) is 9.87. The molecule has 0 radical (unpaired) electrons. The molecule has 0 aromatic heterocycles. The molecule has 2 heterocycles. The number of Topliss-reactive ketones (excluding diaryl/α,β-unsaturated/α-hetero) is 1. The van der Waals surface area contributed by atoms with Gasteiger partial charge in [-0.15, -0.1) is 0 Å². The zero-order chi connectivity index (χ0) is 24.9. The number of halogens is 3. The minimum atomic E-state index is -4.33. The van der Waals surface area contributed by atoms with Crippen molar-refractivity contribution < 1.29 is 22.8 Å². The molecule has 1 aromatic carbocycles. The molecule has 3 rings (SSSR count). The Hall–Kier alpha value is -2.09. The molecule has 0 bridgehead atoms. The van der Waals surface area contributed by atoms with Crippen LogP contribution in [0.5, 0.6) is 0 Å². The van der Waals surface area contributed by atoms with E-state index in [1.54, 1.807) is 17.9 Å². The van der Waals surface area contributed by atoms with Crippen LogP contribution >= 0.6 is 0 Å². The van der Waals surface area contributed by atoms with Gasteiger partial charge in [0.1, 0.15) is 0 Å². The van der Waals surface area contributed by atoms with Crippen molar-refractivity contribution in [3.63, 3.8) is 0 Å². The molecule has 34 heavy (non-hydrogen) atoms. The minimum Gasteiger partial charge on any atom is -0.325 e. The highest BCUT2D eigenvalue weighted by atomic mass is 19.4. The molecule has 0 spiro atoms. The topological polar surface area (TPSA) is 43.9 Å². The molecule has 2 saturated heterocycles. The van der Waals surface area contributed by atoms with E-state index in [1.165, 1.54) is 12.1 Å². The maximum atomic E-state index is 13.1. The van der Waals surface area contributed by atoms with Crippen LogP contribution < -0.4 is 0 Å². The van der Waals surface area contributed by atoms with Gasteiger partial charge in [0, 0.05) is 32.2 Å². The molecular formula is C26H38F3N3O2. The van der Waals surface area contributed by atoms with Crippen LogP contribution in [0.4, 0.5) is 18.0 Å². The highest BCUT2D eigenvalue weighted by Gasteiger charge is 2.34. The van der Waals surface area contributed by atoms with Gasteiger partial charge in [-0.2, -0.15) is 13.2 Å². The van der Waals surface area contributed by atoms with Gasteiger partial charge in [-0.3, -0.25) is 4.79 Å². The smallest absolute Gasteiger partial charge is 0.325 e. The summed E-state index contributed by atoms with van der Waals surface area (Å²) in [6.07, 6.45) is 0.730. The number of amides is 2. The number of likely N-dealkylation sites (tertiary alicyclic amines) is 2. The van der Waals surface area contributed by atoms with Crippen molar-refractivity contribution in [1.29, 1.82) is 0 Å². The number of rotatable bonds is 7. The molecule has 2 atom stereocenters. The molecule has 0 saturated carbocycles. The third-order valence-electron chi connectivity index (χ3n) is 7.41. The van der Waals surface area contributed by atoms with E-state index in [4.69, 9.17) is 0 Å². The number of hydrogen-bond donors (Lipinski definition) is 0. The zero-order valence-corrected chi connectivity index (χ0v) is 20.6. The van der Waals surface area contributed by atoms with E-state index >= 15 is 0 Å². The number of piperidine rings is 2. The third kappa shape index (κ3) is 6.74.